The third-order valence-electron chi connectivity index (χ3n) is 6.01. The Kier molecular flexibility index (Phi) is 5.63. The Hall–Kier alpha value is -0.650. The van der Waals surface area contributed by atoms with Crippen molar-refractivity contribution in [3.63, 3.8) is 0 Å². The van der Waals surface area contributed by atoms with Gasteiger partial charge in [-0.3, -0.25) is 9.69 Å². The first kappa shape index (κ1) is 17.7. The highest BCUT2D eigenvalue weighted by molar-refractivity contribution is 8.03. The molecule has 0 N–H and O–H groups in total. The smallest absolute Gasteiger partial charge is 0.230 e. The zero-order valence-corrected chi connectivity index (χ0v) is 16.5. The number of rotatable bonds is 4. The van der Waals surface area contributed by atoms with E-state index in [0.717, 1.165) is 45.4 Å². The summed E-state index contributed by atoms with van der Waals surface area (Å²) in [6, 6.07) is 11.2. The number of likely N-dealkylation sites (tertiary alicyclic amines) is 2. The van der Waals surface area contributed by atoms with Gasteiger partial charge in [0, 0.05) is 48.7 Å². The van der Waals surface area contributed by atoms with Crippen LogP contribution in [-0.4, -0.2) is 70.9 Å². The van der Waals surface area contributed by atoms with Crippen molar-refractivity contribution in [1.29, 1.82) is 0 Å². The summed E-state index contributed by atoms with van der Waals surface area (Å²) in [4.78, 5) is 17.9. The molecule has 1 aromatic carbocycles. The monoisotopic (exact) mass is 376 g/mol. The van der Waals surface area contributed by atoms with Crippen LogP contribution < -0.4 is 0 Å². The fourth-order valence-corrected chi connectivity index (χ4v) is 7.05. The first-order valence-corrected chi connectivity index (χ1v) is 11.8. The predicted molar refractivity (Wildman–Crippen MR) is 108 cm³/mol. The molecule has 1 spiro atoms. The number of carbonyl (C=O) groups excluding carboxylic acids is 1. The average molecular weight is 377 g/mol. The molecule has 0 bridgehead atoms. The van der Waals surface area contributed by atoms with Gasteiger partial charge in [-0.2, -0.15) is 23.5 Å². The molecule has 0 radical (unpaired) electrons. The van der Waals surface area contributed by atoms with Crippen LogP contribution in [0.3, 0.4) is 0 Å². The largest absolute Gasteiger partial charge is 0.342 e. The molecule has 3 fully saturated rings. The Morgan fingerprint density at radius 1 is 1.04 bits per heavy atom. The second kappa shape index (κ2) is 7.93. The van der Waals surface area contributed by atoms with Crippen LogP contribution in [0.2, 0.25) is 0 Å². The standard InChI is InChI=1S/C20H28N2OS2/c23-19-20(7-10-21(19)9-6-17-4-2-1-3-5-17)8-11-22(16-20)18-14-24-12-13-25-15-18/h1-5,18H,6-16H2. The van der Waals surface area contributed by atoms with Crippen molar-refractivity contribution >= 4 is 29.4 Å². The molecule has 4 rings (SSSR count). The van der Waals surface area contributed by atoms with E-state index in [9.17, 15) is 4.79 Å². The maximum atomic E-state index is 13.1. The van der Waals surface area contributed by atoms with E-state index in [1.54, 1.807) is 0 Å². The van der Waals surface area contributed by atoms with Crippen molar-refractivity contribution in [3.05, 3.63) is 35.9 Å². The zero-order valence-electron chi connectivity index (χ0n) is 14.9. The quantitative estimate of drug-likeness (QED) is 0.806. The molecule has 3 saturated heterocycles. The number of carbonyl (C=O) groups is 1. The first-order chi connectivity index (χ1) is 12.3. The van der Waals surface area contributed by atoms with Gasteiger partial charge in [-0.15, -0.1) is 0 Å². The topological polar surface area (TPSA) is 23.6 Å². The van der Waals surface area contributed by atoms with Crippen LogP contribution in [0.4, 0.5) is 0 Å². The Morgan fingerprint density at radius 2 is 1.76 bits per heavy atom. The molecule has 0 aromatic heterocycles. The van der Waals surface area contributed by atoms with Crippen LogP contribution >= 0.6 is 23.5 Å². The van der Waals surface area contributed by atoms with E-state index < -0.39 is 0 Å². The molecule has 5 heteroatoms. The predicted octanol–water partition coefficient (Wildman–Crippen LogP) is 3.00. The average Bonchev–Trinajstić information content (AvgIpc) is 3.08. The highest BCUT2D eigenvalue weighted by Crippen LogP contribution is 2.42. The van der Waals surface area contributed by atoms with Crippen LogP contribution in [0.1, 0.15) is 18.4 Å². The molecule has 3 heterocycles. The lowest BCUT2D eigenvalue weighted by Crippen LogP contribution is -2.41. The van der Waals surface area contributed by atoms with E-state index in [-0.39, 0.29) is 5.41 Å². The maximum Gasteiger partial charge on any atom is 0.230 e. The third-order valence-corrected chi connectivity index (χ3v) is 8.49. The summed E-state index contributed by atoms with van der Waals surface area (Å²) >= 11 is 4.18. The lowest BCUT2D eigenvalue weighted by atomic mass is 9.85. The van der Waals surface area contributed by atoms with Gasteiger partial charge in [0.25, 0.3) is 0 Å². The van der Waals surface area contributed by atoms with E-state index in [0.29, 0.717) is 11.9 Å². The molecule has 1 aromatic rings. The summed E-state index contributed by atoms with van der Waals surface area (Å²) in [7, 11) is 0. The summed E-state index contributed by atoms with van der Waals surface area (Å²) in [5.74, 6) is 5.49. The van der Waals surface area contributed by atoms with Crippen molar-refractivity contribution in [1.82, 2.24) is 9.80 Å². The van der Waals surface area contributed by atoms with Gasteiger partial charge in [0.15, 0.2) is 0 Å². The van der Waals surface area contributed by atoms with E-state index >= 15 is 0 Å². The normalized spacial score (nSPS) is 28.8. The van der Waals surface area contributed by atoms with Crippen LogP contribution in [0.25, 0.3) is 0 Å². The summed E-state index contributed by atoms with van der Waals surface area (Å²) in [5, 5.41) is 0. The van der Waals surface area contributed by atoms with Gasteiger partial charge in [0.05, 0.1) is 5.41 Å². The SMILES string of the molecule is O=C1N(CCc2ccccc2)CCC12CCN(C1CSCCSC1)C2. The maximum absolute atomic E-state index is 13.1. The van der Waals surface area contributed by atoms with Gasteiger partial charge >= 0.3 is 0 Å². The Bertz CT molecular complexity index is 589. The summed E-state index contributed by atoms with van der Waals surface area (Å²) in [6.45, 7) is 3.94. The Labute approximate surface area is 159 Å². The molecule has 3 nitrogen and oxygen atoms in total. The number of nitrogens with zero attached hydrogens (tertiary/aromatic N) is 2. The fourth-order valence-electron chi connectivity index (χ4n) is 4.43. The highest BCUT2D eigenvalue weighted by Gasteiger charge is 2.51. The van der Waals surface area contributed by atoms with Crippen molar-refractivity contribution < 1.29 is 4.79 Å². The minimum atomic E-state index is -0.0711. The van der Waals surface area contributed by atoms with E-state index in [1.165, 1.54) is 28.6 Å². The summed E-state index contributed by atoms with van der Waals surface area (Å²) in [5.41, 5.74) is 1.26. The van der Waals surface area contributed by atoms with E-state index in [4.69, 9.17) is 0 Å². The van der Waals surface area contributed by atoms with Gasteiger partial charge < -0.3 is 4.90 Å². The van der Waals surface area contributed by atoms with Gasteiger partial charge in [0.2, 0.25) is 5.91 Å². The molecule has 3 aliphatic heterocycles. The molecule has 3 aliphatic rings. The number of hydrogen-bond acceptors (Lipinski definition) is 4. The summed E-state index contributed by atoms with van der Waals surface area (Å²) in [6.07, 6.45) is 3.10. The van der Waals surface area contributed by atoms with Crippen LogP contribution in [0, 0.1) is 5.41 Å². The minimum absolute atomic E-state index is 0.0711. The zero-order chi connectivity index (χ0) is 17.1. The second-order valence-corrected chi connectivity index (χ2v) is 9.88. The first-order valence-electron chi connectivity index (χ1n) is 9.50. The van der Waals surface area contributed by atoms with Crippen LogP contribution in [0.15, 0.2) is 30.3 Å². The molecule has 1 unspecified atom stereocenters. The Balaban J connectivity index is 1.34. The third kappa shape index (κ3) is 3.88. The van der Waals surface area contributed by atoms with Gasteiger partial charge in [0.1, 0.15) is 0 Å². The molecule has 25 heavy (non-hydrogen) atoms. The molecule has 0 saturated carbocycles. The van der Waals surface area contributed by atoms with E-state index in [1.807, 2.05) is 0 Å². The second-order valence-electron chi connectivity index (χ2n) is 7.58. The lowest BCUT2D eigenvalue weighted by molar-refractivity contribution is -0.135. The molecular weight excluding hydrogens is 348 g/mol. The molecule has 1 amide bonds. The van der Waals surface area contributed by atoms with Crippen molar-refractivity contribution in [2.75, 3.05) is 49.2 Å². The molecule has 1 atom stereocenters. The molecular formula is C20H28N2OS2. The minimum Gasteiger partial charge on any atom is -0.342 e. The van der Waals surface area contributed by atoms with Gasteiger partial charge in [-0.1, -0.05) is 30.3 Å². The highest BCUT2D eigenvalue weighted by atomic mass is 32.2. The summed E-state index contributed by atoms with van der Waals surface area (Å²) < 4.78 is 0. The van der Waals surface area contributed by atoms with Crippen LogP contribution in [0.5, 0.6) is 0 Å². The number of amides is 1. The van der Waals surface area contributed by atoms with Gasteiger partial charge in [-0.05, 0) is 31.4 Å². The van der Waals surface area contributed by atoms with Crippen molar-refractivity contribution in [3.8, 4) is 0 Å². The van der Waals surface area contributed by atoms with Gasteiger partial charge in [-0.25, -0.2) is 0 Å². The molecule has 136 valence electrons. The number of benzene rings is 1. The van der Waals surface area contributed by atoms with Crippen LogP contribution in [-0.2, 0) is 11.2 Å². The van der Waals surface area contributed by atoms with Crippen molar-refractivity contribution in [2.45, 2.75) is 25.3 Å². The van der Waals surface area contributed by atoms with E-state index in [2.05, 4.69) is 63.7 Å². The van der Waals surface area contributed by atoms with Crippen molar-refractivity contribution in [2.24, 2.45) is 5.41 Å². The Morgan fingerprint density at radius 3 is 2.52 bits per heavy atom. The fraction of sp³-hybridized carbons (Fsp3) is 0.650. The molecule has 0 aliphatic carbocycles. The lowest BCUT2D eigenvalue weighted by Gasteiger charge is -2.28. The number of thioether (sulfide) groups is 2. The number of hydrogen-bond donors (Lipinski definition) is 0.